The Morgan fingerprint density at radius 1 is 0.900 bits per heavy atom. The van der Waals surface area contributed by atoms with Crippen molar-refractivity contribution in [1.82, 2.24) is 10.4 Å². The third kappa shape index (κ3) is 4.05. The number of halogens is 6. The van der Waals surface area contributed by atoms with Crippen molar-refractivity contribution in [3.63, 3.8) is 0 Å². The van der Waals surface area contributed by atoms with Crippen LogP contribution in [0, 0.1) is 0 Å². The highest BCUT2D eigenvalue weighted by molar-refractivity contribution is 6.01. The number of alkyl halides is 6. The summed E-state index contributed by atoms with van der Waals surface area (Å²) in [4.78, 5) is 24.3. The molecule has 0 heterocycles. The van der Waals surface area contributed by atoms with Gasteiger partial charge >= 0.3 is 18.4 Å². The molecule has 2 aromatic rings. The number of hydrogen-bond donors (Lipinski definition) is 2. The van der Waals surface area contributed by atoms with Crippen LogP contribution in [0.25, 0.3) is 11.1 Å². The largest absolute Gasteiger partial charge is 0.422 e. The Bertz CT molecular complexity index is 898. The van der Waals surface area contributed by atoms with E-state index in [1.807, 2.05) is 0 Å². The summed E-state index contributed by atoms with van der Waals surface area (Å²) in [5.41, 5.74) is 2.04. The van der Waals surface area contributed by atoms with Crippen LogP contribution in [0.4, 0.5) is 31.1 Å². The van der Waals surface area contributed by atoms with Gasteiger partial charge in [-0.1, -0.05) is 55.5 Å². The van der Waals surface area contributed by atoms with Gasteiger partial charge < -0.3 is 5.73 Å². The number of amides is 3. The standard InChI is InChI=1S/C19H17F6N3O2/c1-2-17(18(20,21)22,19(23,24)25)28(16(26)30)27-15(29)14-11-7-6-10-13(14)12-8-4-3-5-9-12/h3-11H,2H2,1H3,(H2,26,30)(H,27,29). The highest BCUT2D eigenvalue weighted by atomic mass is 19.4. The quantitative estimate of drug-likeness (QED) is 0.544. The fraction of sp³-hybridized carbons (Fsp3) is 0.263. The topological polar surface area (TPSA) is 75.4 Å². The minimum Gasteiger partial charge on any atom is -0.350 e. The Kier molecular flexibility index (Phi) is 6.33. The van der Waals surface area contributed by atoms with Gasteiger partial charge in [-0.15, -0.1) is 0 Å². The number of carbonyl (C=O) groups excluding carboxylic acids is 2. The van der Waals surface area contributed by atoms with Gasteiger partial charge in [0, 0.05) is 5.56 Å². The van der Waals surface area contributed by atoms with E-state index in [-0.39, 0.29) is 11.1 Å². The van der Waals surface area contributed by atoms with Crippen molar-refractivity contribution >= 4 is 11.9 Å². The first-order valence-corrected chi connectivity index (χ1v) is 8.55. The molecule has 0 unspecified atom stereocenters. The summed E-state index contributed by atoms with van der Waals surface area (Å²) < 4.78 is 81.3. The number of hydrogen-bond acceptors (Lipinski definition) is 2. The number of nitrogens with one attached hydrogen (secondary N) is 1. The second kappa shape index (κ2) is 8.25. The number of carbonyl (C=O) groups is 2. The molecule has 2 rings (SSSR count). The van der Waals surface area contributed by atoms with E-state index in [0.717, 1.165) is 0 Å². The zero-order chi connectivity index (χ0) is 22.7. The molecule has 0 saturated carbocycles. The molecular formula is C19H17F6N3O2. The lowest BCUT2D eigenvalue weighted by Gasteiger charge is -2.43. The van der Waals surface area contributed by atoms with Crippen molar-refractivity contribution in [2.24, 2.45) is 5.73 Å². The molecule has 0 aromatic heterocycles. The number of urea groups is 1. The van der Waals surface area contributed by atoms with E-state index >= 15 is 0 Å². The van der Waals surface area contributed by atoms with Crippen molar-refractivity contribution in [1.29, 1.82) is 0 Å². The predicted octanol–water partition coefficient (Wildman–Crippen LogP) is 4.65. The van der Waals surface area contributed by atoms with E-state index < -0.39 is 41.3 Å². The summed E-state index contributed by atoms with van der Waals surface area (Å²) in [6.45, 7) is 0.584. The average Bonchev–Trinajstić information content (AvgIpc) is 2.66. The van der Waals surface area contributed by atoms with Crippen LogP contribution in [-0.2, 0) is 0 Å². The van der Waals surface area contributed by atoms with Crippen LogP contribution in [0.15, 0.2) is 54.6 Å². The average molecular weight is 433 g/mol. The molecular weight excluding hydrogens is 416 g/mol. The maximum atomic E-state index is 13.6. The summed E-state index contributed by atoms with van der Waals surface area (Å²) in [5, 5.41) is -0.892. The molecule has 2 aromatic carbocycles. The van der Waals surface area contributed by atoms with Gasteiger partial charge in [-0.05, 0) is 23.6 Å². The highest BCUT2D eigenvalue weighted by Crippen LogP contribution is 2.48. The fourth-order valence-corrected chi connectivity index (χ4v) is 3.02. The van der Waals surface area contributed by atoms with E-state index in [9.17, 15) is 35.9 Å². The van der Waals surface area contributed by atoms with Gasteiger partial charge in [0.05, 0.1) is 0 Å². The van der Waals surface area contributed by atoms with E-state index in [1.54, 1.807) is 30.3 Å². The molecule has 162 valence electrons. The number of nitrogens with zero attached hydrogens (tertiary/aromatic N) is 1. The molecule has 0 aliphatic carbocycles. The normalized spacial score (nSPS) is 12.4. The molecule has 0 aliphatic heterocycles. The van der Waals surface area contributed by atoms with Gasteiger partial charge in [-0.3, -0.25) is 10.2 Å². The lowest BCUT2D eigenvalue weighted by Crippen LogP contribution is -2.73. The van der Waals surface area contributed by atoms with Gasteiger partial charge in [-0.2, -0.15) is 26.3 Å². The SMILES string of the molecule is CCC(N(NC(=O)c1ccccc1-c1ccccc1)C(N)=O)(C(F)(F)F)C(F)(F)F. The summed E-state index contributed by atoms with van der Waals surface area (Å²) in [5.74, 6) is -1.36. The summed E-state index contributed by atoms with van der Waals surface area (Å²) in [6, 6.07) is 11.6. The molecule has 3 N–H and O–H groups in total. The maximum absolute atomic E-state index is 13.6. The van der Waals surface area contributed by atoms with E-state index in [2.05, 4.69) is 0 Å². The summed E-state index contributed by atoms with van der Waals surface area (Å²) in [6.07, 6.45) is -13.6. The first-order chi connectivity index (χ1) is 13.9. The number of hydrazine groups is 1. The van der Waals surface area contributed by atoms with Gasteiger partial charge in [0.25, 0.3) is 11.4 Å². The van der Waals surface area contributed by atoms with Gasteiger partial charge in [-0.25, -0.2) is 9.80 Å². The van der Waals surface area contributed by atoms with Crippen LogP contribution in [0.3, 0.4) is 0 Å². The van der Waals surface area contributed by atoms with Crippen molar-refractivity contribution < 1.29 is 35.9 Å². The maximum Gasteiger partial charge on any atom is 0.422 e. The van der Waals surface area contributed by atoms with Crippen molar-refractivity contribution in [3.05, 3.63) is 60.2 Å². The second-order valence-electron chi connectivity index (χ2n) is 6.24. The molecule has 11 heteroatoms. The van der Waals surface area contributed by atoms with Crippen LogP contribution in [0.5, 0.6) is 0 Å². The van der Waals surface area contributed by atoms with Gasteiger partial charge in [0.2, 0.25) is 0 Å². The molecule has 0 atom stereocenters. The van der Waals surface area contributed by atoms with E-state index in [4.69, 9.17) is 5.73 Å². The monoisotopic (exact) mass is 433 g/mol. The summed E-state index contributed by atoms with van der Waals surface area (Å²) in [7, 11) is 0. The Hall–Kier alpha value is -3.24. The molecule has 3 amide bonds. The fourth-order valence-electron chi connectivity index (χ4n) is 3.02. The third-order valence-electron chi connectivity index (χ3n) is 4.52. The number of rotatable bonds is 4. The van der Waals surface area contributed by atoms with E-state index in [1.165, 1.54) is 29.7 Å². The lowest BCUT2D eigenvalue weighted by molar-refractivity contribution is -0.337. The third-order valence-corrected chi connectivity index (χ3v) is 4.52. The van der Waals surface area contributed by atoms with Crippen molar-refractivity contribution in [3.8, 4) is 11.1 Å². The number of nitrogens with two attached hydrogens (primary N) is 1. The molecule has 0 saturated heterocycles. The second-order valence-corrected chi connectivity index (χ2v) is 6.24. The number of primary amides is 1. The lowest BCUT2D eigenvalue weighted by atomic mass is 9.93. The minimum atomic E-state index is -5.97. The molecule has 5 nitrogen and oxygen atoms in total. The molecule has 0 aliphatic rings. The van der Waals surface area contributed by atoms with Crippen LogP contribution >= 0.6 is 0 Å². The molecule has 0 bridgehead atoms. The van der Waals surface area contributed by atoms with Crippen LogP contribution in [0.1, 0.15) is 23.7 Å². The Morgan fingerprint density at radius 2 is 1.40 bits per heavy atom. The van der Waals surface area contributed by atoms with Crippen molar-refractivity contribution in [2.45, 2.75) is 31.2 Å². The Balaban J connectivity index is 2.56. The molecule has 0 fully saturated rings. The Labute approximate surface area is 167 Å². The Morgan fingerprint density at radius 3 is 1.87 bits per heavy atom. The van der Waals surface area contributed by atoms with E-state index in [0.29, 0.717) is 12.5 Å². The molecule has 0 spiro atoms. The minimum absolute atomic E-state index is 0.237. The van der Waals surface area contributed by atoms with Gasteiger partial charge in [0.15, 0.2) is 0 Å². The smallest absolute Gasteiger partial charge is 0.350 e. The summed E-state index contributed by atoms with van der Waals surface area (Å²) >= 11 is 0. The molecule has 0 radical (unpaired) electrons. The van der Waals surface area contributed by atoms with Crippen molar-refractivity contribution in [2.75, 3.05) is 0 Å². The van der Waals surface area contributed by atoms with Crippen LogP contribution in [-0.4, -0.2) is 34.8 Å². The predicted molar refractivity (Wildman–Crippen MR) is 95.9 cm³/mol. The van der Waals surface area contributed by atoms with Gasteiger partial charge in [0.1, 0.15) is 0 Å². The molecule has 30 heavy (non-hydrogen) atoms. The first kappa shape index (κ1) is 23.0. The zero-order valence-electron chi connectivity index (χ0n) is 15.5. The van der Waals surface area contributed by atoms with Crippen LogP contribution in [0.2, 0.25) is 0 Å². The zero-order valence-corrected chi connectivity index (χ0v) is 15.5. The van der Waals surface area contributed by atoms with Crippen LogP contribution < -0.4 is 11.2 Å². The first-order valence-electron chi connectivity index (χ1n) is 8.55. The highest BCUT2D eigenvalue weighted by Gasteiger charge is 2.74. The number of benzene rings is 2.